The van der Waals surface area contributed by atoms with Crippen molar-refractivity contribution < 1.29 is 4.79 Å². The quantitative estimate of drug-likeness (QED) is 0.806. The molecule has 128 valence electrons. The van der Waals surface area contributed by atoms with Gasteiger partial charge < -0.3 is 10.2 Å². The van der Waals surface area contributed by atoms with Crippen molar-refractivity contribution >= 4 is 11.7 Å². The number of likely N-dealkylation sites (N-methyl/N-ethyl adjacent to an activating group) is 1. The summed E-state index contributed by atoms with van der Waals surface area (Å²) in [6, 6.07) is 4.01. The smallest absolute Gasteiger partial charge is 0.271 e. The first kappa shape index (κ1) is 17.8. The molecule has 0 bridgehead atoms. The molecule has 0 spiro atoms. The maximum Gasteiger partial charge on any atom is 0.271 e. The molecule has 6 heteroatoms. The second kappa shape index (κ2) is 8.96. The van der Waals surface area contributed by atoms with E-state index in [0.29, 0.717) is 18.2 Å². The van der Waals surface area contributed by atoms with Crippen LogP contribution in [0.5, 0.6) is 0 Å². The van der Waals surface area contributed by atoms with Gasteiger partial charge >= 0.3 is 0 Å². The Bertz CT molecular complexity index is 628. The lowest BCUT2D eigenvalue weighted by Crippen LogP contribution is -2.27. The average molecular weight is 327 g/mol. The highest BCUT2D eigenvalue weighted by Gasteiger charge is 2.09. The standard InChI is InChI=1S/C18H25N5O/c1-14(2)4-10-20-18(24)16-12-22-17(13-21-16)23(3)11-7-15-5-8-19-9-6-15/h5-6,8-9,12-14H,4,7,10-11H2,1-3H3,(H,20,24). The van der Waals surface area contributed by atoms with Crippen LogP contribution in [-0.4, -0.2) is 41.0 Å². The number of aromatic nitrogens is 3. The minimum absolute atomic E-state index is 0.172. The molecule has 0 saturated heterocycles. The van der Waals surface area contributed by atoms with Gasteiger partial charge in [0.1, 0.15) is 11.5 Å². The van der Waals surface area contributed by atoms with Gasteiger partial charge in [-0.05, 0) is 36.5 Å². The van der Waals surface area contributed by atoms with Crippen LogP contribution in [0.25, 0.3) is 0 Å². The molecule has 1 N–H and O–H groups in total. The molecule has 2 heterocycles. The number of rotatable bonds is 8. The molecular weight excluding hydrogens is 302 g/mol. The zero-order valence-electron chi connectivity index (χ0n) is 14.6. The largest absolute Gasteiger partial charge is 0.358 e. The van der Waals surface area contributed by atoms with Crippen molar-refractivity contribution in [3.05, 3.63) is 48.2 Å². The molecule has 0 aliphatic carbocycles. The van der Waals surface area contributed by atoms with Gasteiger partial charge in [0, 0.05) is 32.5 Å². The van der Waals surface area contributed by atoms with Gasteiger partial charge in [0.2, 0.25) is 0 Å². The fourth-order valence-electron chi connectivity index (χ4n) is 2.16. The molecule has 0 aliphatic rings. The summed E-state index contributed by atoms with van der Waals surface area (Å²) in [6.07, 6.45) is 8.61. The molecule has 1 amide bonds. The topological polar surface area (TPSA) is 71.0 Å². The number of carbonyl (C=O) groups is 1. The summed E-state index contributed by atoms with van der Waals surface area (Å²) >= 11 is 0. The lowest BCUT2D eigenvalue weighted by Gasteiger charge is -2.17. The van der Waals surface area contributed by atoms with E-state index < -0.39 is 0 Å². The zero-order valence-corrected chi connectivity index (χ0v) is 14.6. The van der Waals surface area contributed by atoms with Crippen LogP contribution in [0.15, 0.2) is 36.9 Å². The van der Waals surface area contributed by atoms with Crippen molar-refractivity contribution in [2.24, 2.45) is 5.92 Å². The maximum atomic E-state index is 12.0. The fraction of sp³-hybridized carbons (Fsp3) is 0.444. The van der Waals surface area contributed by atoms with Gasteiger partial charge in [-0.25, -0.2) is 9.97 Å². The van der Waals surface area contributed by atoms with Crippen molar-refractivity contribution in [1.29, 1.82) is 0 Å². The van der Waals surface area contributed by atoms with Crippen LogP contribution in [0.2, 0.25) is 0 Å². The Morgan fingerprint density at radius 1 is 1.21 bits per heavy atom. The summed E-state index contributed by atoms with van der Waals surface area (Å²) < 4.78 is 0. The third-order valence-corrected chi connectivity index (χ3v) is 3.75. The Hall–Kier alpha value is -2.50. The summed E-state index contributed by atoms with van der Waals surface area (Å²) in [5.74, 6) is 1.14. The highest BCUT2D eigenvalue weighted by Crippen LogP contribution is 2.08. The van der Waals surface area contributed by atoms with Crippen molar-refractivity contribution in [2.75, 3.05) is 25.0 Å². The van der Waals surface area contributed by atoms with E-state index in [9.17, 15) is 4.79 Å². The van der Waals surface area contributed by atoms with Crippen LogP contribution < -0.4 is 10.2 Å². The molecule has 0 unspecified atom stereocenters. The van der Waals surface area contributed by atoms with Crippen LogP contribution in [0.4, 0.5) is 5.82 Å². The molecule has 6 nitrogen and oxygen atoms in total. The van der Waals surface area contributed by atoms with Gasteiger partial charge in [-0.2, -0.15) is 0 Å². The van der Waals surface area contributed by atoms with Crippen molar-refractivity contribution in [3.8, 4) is 0 Å². The van der Waals surface area contributed by atoms with Gasteiger partial charge in [-0.3, -0.25) is 9.78 Å². The third-order valence-electron chi connectivity index (χ3n) is 3.75. The van der Waals surface area contributed by atoms with Crippen LogP contribution in [0.3, 0.4) is 0 Å². The van der Waals surface area contributed by atoms with Gasteiger partial charge in [0.15, 0.2) is 0 Å². The van der Waals surface area contributed by atoms with Gasteiger partial charge in [0.25, 0.3) is 5.91 Å². The van der Waals surface area contributed by atoms with E-state index in [1.807, 2.05) is 24.1 Å². The third kappa shape index (κ3) is 5.61. The van der Waals surface area contributed by atoms with E-state index in [2.05, 4.69) is 34.1 Å². The monoisotopic (exact) mass is 327 g/mol. The zero-order chi connectivity index (χ0) is 17.4. The summed E-state index contributed by atoms with van der Waals surface area (Å²) in [5, 5.41) is 2.86. The van der Waals surface area contributed by atoms with E-state index in [0.717, 1.165) is 25.2 Å². The van der Waals surface area contributed by atoms with Crippen molar-refractivity contribution in [3.63, 3.8) is 0 Å². The average Bonchev–Trinajstić information content (AvgIpc) is 2.60. The molecule has 0 aliphatic heterocycles. The molecule has 0 saturated carbocycles. The molecule has 2 aromatic heterocycles. The lowest BCUT2D eigenvalue weighted by atomic mass is 10.1. The summed E-state index contributed by atoms with van der Waals surface area (Å²) in [7, 11) is 1.97. The highest BCUT2D eigenvalue weighted by molar-refractivity contribution is 5.91. The number of carbonyl (C=O) groups excluding carboxylic acids is 1. The number of amides is 1. The van der Waals surface area contributed by atoms with Crippen LogP contribution >= 0.6 is 0 Å². The number of hydrogen-bond acceptors (Lipinski definition) is 5. The molecule has 24 heavy (non-hydrogen) atoms. The second-order valence-electron chi connectivity index (χ2n) is 6.23. The first-order chi connectivity index (χ1) is 11.6. The molecule has 0 aromatic carbocycles. The van der Waals surface area contributed by atoms with E-state index >= 15 is 0 Å². The number of nitrogens with one attached hydrogen (secondary N) is 1. The number of nitrogens with zero attached hydrogens (tertiary/aromatic N) is 4. The Morgan fingerprint density at radius 2 is 1.96 bits per heavy atom. The Morgan fingerprint density at radius 3 is 2.58 bits per heavy atom. The van der Waals surface area contributed by atoms with Gasteiger partial charge in [-0.1, -0.05) is 13.8 Å². The first-order valence-electron chi connectivity index (χ1n) is 8.26. The number of pyridine rings is 1. The summed E-state index contributed by atoms with van der Waals surface area (Å²) in [5.41, 5.74) is 1.58. The van der Waals surface area contributed by atoms with Crippen molar-refractivity contribution in [1.82, 2.24) is 20.3 Å². The minimum Gasteiger partial charge on any atom is -0.358 e. The predicted molar refractivity (Wildman–Crippen MR) is 95.0 cm³/mol. The molecule has 0 fully saturated rings. The van der Waals surface area contributed by atoms with Crippen molar-refractivity contribution in [2.45, 2.75) is 26.7 Å². The molecule has 2 rings (SSSR count). The SMILES string of the molecule is CC(C)CCNC(=O)c1cnc(N(C)CCc2ccncc2)cn1. The van der Waals surface area contributed by atoms with E-state index in [1.54, 1.807) is 18.6 Å². The normalized spacial score (nSPS) is 10.7. The highest BCUT2D eigenvalue weighted by atomic mass is 16.1. The summed E-state index contributed by atoms with van der Waals surface area (Å²) in [4.78, 5) is 26.6. The van der Waals surface area contributed by atoms with E-state index in [4.69, 9.17) is 0 Å². The maximum absolute atomic E-state index is 12.0. The van der Waals surface area contributed by atoms with E-state index in [1.165, 1.54) is 11.8 Å². The Kier molecular flexibility index (Phi) is 6.66. The Labute approximate surface area is 143 Å². The van der Waals surface area contributed by atoms with E-state index in [-0.39, 0.29) is 5.91 Å². The second-order valence-corrected chi connectivity index (χ2v) is 6.23. The molecular formula is C18H25N5O. The molecule has 0 atom stereocenters. The van der Waals surface area contributed by atoms with Gasteiger partial charge in [-0.15, -0.1) is 0 Å². The van der Waals surface area contributed by atoms with Crippen LogP contribution in [0.1, 0.15) is 36.3 Å². The lowest BCUT2D eigenvalue weighted by molar-refractivity contribution is 0.0946. The van der Waals surface area contributed by atoms with Gasteiger partial charge in [0.05, 0.1) is 12.4 Å². The summed E-state index contributed by atoms with van der Waals surface area (Å²) in [6.45, 7) is 5.73. The number of hydrogen-bond donors (Lipinski definition) is 1. The molecule has 2 aromatic rings. The fourth-order valence-corrected chi connectivity index (χ4v) is 2.16. The first-order valence-corrected chi connectivity index (χ1v) is 8.26. The predicted octanol–water partition coefficient (Wildman–Crippen LogP) is 2.33. The molecule has 0 radical (unpaired) electrons. The van der Waals surface area contributed by atoms with Crippen LogP contribution in [0, 0.1) is 5.92 Å². The minimum atomic E-state index is -0.172. The Balaban J connectivity index is 1.85. The number of anilines is 1. The van der Waals surface area contributed by atoms with Crippen LogP contribution in [-0.2, 0) is 6.42 Å².